The van der Waals surface area contributed by atoms with Crippen LogP contribution in [-0.4, -0.2) is 54.4 Å². The van der Waals surface area contributed by atoms with Gasteiger partial charge >= 0.3 is 0 Å². The van der Waals surface area contributed by atoms with E-state index in [2.05, 4.69) is 21.2 Å². The monoisotopic (exact) mass is 536 g/mol. The van der Waals surface area contributed by atoms with Crippen molar-refractivity contribution in [2.24, 2.45) is 0 Å². The Bertz CT molecular complexity index is 1500. The van der Waals surface area contributed by atoms with Crippen molar-refractivity contribution in [2.45, 2.75) is 36.6 Å². The number of fused-ring (bicyclic) bond motifs is 1. The number of ether oxygens (including phenoxy) is 2. The van der Waals surface area contributed by atoms with Crippen molar-refractivity contribution in [1.29, 1.82) is 0 Å². The number of nitrogens with zero attached hydrogens (tertiary/aromatic N) is 3. The number of carbonyl (C=O) groups is 1. The zero-order valence-electron chi connectivity index (χ0n) is 20.4. The Hall–Kier alpha value is -4.01. The number of terminal acetylenes is 1. The smallest absolute Gasteiger partial charge is 0.243 e. The van der Waals surface area contributed by atoms with Crippen molar-refractivity contribution >= 4 is 21.8 Å². The molecule has 3 aromatic rings. The lowest BCUT2D eigenvalue weighted by atomic mass is 10.0. The predicted molar refractivity (Wildman–Crippen MR) is 138 cm³/mol. The van der Waals surface area contributed by atoms with Crippen molar-refractivity contribution in [3.63, 3.8) is 0 Å². The minimum atomic E-state index is -3.93. The van der Waals surface area contributed by atoms with E-state index in [9.17, 15) is 17.6 Å². The van der Waals surface area contributed by atoms with Crippen LogP contribution >= 0.6 is 0 Å². The molecule has 11 heteroatoms. The van der Waals surface area contributed by atoms with E-state index in [0.717, 1.165) is 17.7 Å². The number of carbonyl (C=O) groups excluding carboxylic acids is 1. The van der Waals surface area contributed by atoms with Crippen LogP contribution in [0.3, 0.4) is 0 Å². The molecule has 9 nitrogen and oxygen atoms in total. The van der Waals surface area contributed by atoms with Gasteiger partial charge in [-0.3, -0.25) is 4.79 Å². The Morgan fingerprint density at radius 2 is 1.92 bits per heavy atom. The molecular formula is C27H25FN4O5S. The van der Waals surface area contributed by atoms with Gasteiger partial charge in [0.25, 0.3) is 0 Å². The summed E-state index contributed by atoms with van der Waals surface area (Å²) in [5.74, 6) is 3.34. The molecule has 2 aliphatic heterocycles. The molecule has 1 fully saturated rings. The van der Waals surface area contributed by atoms with Gasteiger partial charge in [-0.05, 0) is 67.8 Å². The molecule has 0 bridgehead atoms. The zero-order chi connectivity index (χ0) is 26.7. The molecular weight excluding hydrogens is 511 g/mol. The van der Waals surface area contributed by atoms with Crippen LogP contribution in [0.25, 0.3) is 11.3 Å². The minimum absolute atomic E-state index is 0.0352. The molecule has 5 rings (SSSR count). The van der Waals surface area contributed by atoms with Crippen molar-refractivity contribution in [2.75, 3.05) is 25.2 Å². The van der Waals surface area contributed by atoms with Crippen LogP contribution in [0.4, 0.5) is 10.3 Å². The third-order valence-electron chi connectivity index (χ3n) is 6.42. The molecule has 3 heterocycles. The van der Waals surface area contributed by atoms with Crippen molar-refractivity contribution in [1.82, 2.24) is 14.3 Å². The largest absolute Gasteiger partial charge is 0.454 e. The van der Waals surface area contributed by atoms with Crippen LogP contribution in [0.2, 0.25) is 0 Å². The Morgan fingerprint density at radius 1 is 1.13 bits per heavy atom. The van der Waals surface area contributed by atoms with Crippen molar-refractivity contribution in [3.05, 3.63) is 60.0 Å². The number of anilines is 1. The first-order valence-corrected chi connectivity index (χ1v) is 13.5. The number of hydrogen-bond donors (Lipinski definition) is 1. The molecule has 0 aliphatic carbocycles. The first-order valence-electron chi connectivity index (χ1n) is 12.1. The van der Waals surface area contributed by atoms with E-state index < -0.39 is 21.9 Å². The third kappa shape index (κ3) is 5.32. The molecule has 0 spiro atoms. The van der Waals surface area contributed by atoms with Gasteiger partial charge in [0.2, 0.25) is 22.8 Å². The third-order valence-corrected chi connectivity index (χ3v) is 8.34. The second kappa shape index (κ2) is 10.8. The molecule has 0 amide bonds. The van der Waals surface area contributed by atoms with Gasteiger partial charge in [0, 0.05) is 24.2 Å². The summed E-state index contributed by atoms with van der Waals surface area (Å²) in [5.41, 5.74) is 1.99. The van der Waals surface area contributed by atoms with Crippen LogP contribution in [-0.2, 0) is 21.2 Å². The Morgan fingerprint density at radius 3 is 2.71 bits per heavy atom. The summed E-state index contributed by atoms with van der Waals surface area (Å²) in [5, 5.41) is 2.98. The van der Waals surface area contributed by atoms with E-state index in [-0.39, 0.29) is 43.4 Å². The van der Waals surface area contributed by atoms with Crippen LogP contribution < -0.4 is 14.8 Å². The van der Waals surface area contributed by atoms with Gasteiger partial charge in [0.1, 0.15) is 5.82 Å². The fourth-order valence-electron chi connectivity index (χ4n) is 4.55. The van der Waals surface area contributed by atoms with Gasteiger partial charge < -0.3 is 14.8 Å². The lowest BCUT2D eigenvalue weighted by molar-refractivity contribution is -0.122. The van der Waals surface area contributed by atoms with Gasteiger partial charge in [0.15, 0.2) is 17.3 Å². The van der Waals surface area contributed by atoms with E-state index in [1.54, 1.807) is 12.1 Å². The van der Waals surface area contributed by atoms with Crippen LogP contribution in [0.15, 0.2) is 53.4 Å². The lowest BCUT2D eigenvalue weighted by Crippen LogP contribution is -2.40. The molecule has 1 saturated heterocycles. The second-order valence-corrected chi connectivity index (χ2v) is 10.8. The first-order chi connectivity index (χ1) is 18.3. The Kier molecular flexibility index (Phi) is 7.26. The average Bonchev–Trinajstić information content (AvgIpc) is 3.61. The standard InChI is InChI=1S/C27H25FN4O5S/c1-2-13-29-27-30-20(16-22(31-27)18-5-12-25-26(15-18)37-17-36-25)8-11-24(33)23-4-3-14-32(23)38(34,35)21-9-6-19(28)7-10-21/h1,5-7,9-10,12,15-16,23H,3-4,8,11,13-14,17H2,(H,29,30,31)/t23-/m0/s1. The molecule has 2 aromatic carbocycles. The highest BCUT2D eigenvalue weighted by Gasteiger charge is 2.39. The van der Waals surface area contributed by atoms with E-state index >= 15 is 0 Å². The minimum Gasteiger partial charge on any atom is -0.454 e. The molecule has 0 saturated carbocycles. The van der Waals surface area contributed by atoms with E-state index in [1.165, 1.54) is 16.4 Å². The van der Waals surface area contributed by atoms with Gasteiger partial charge in [-0.25, -0.2) is 22.8 Å². The second-order valence-electron chi connectivity index (χ2n) is 8.89. The molecule has 1 N–H and O–H groups in total. The molecule has 38 heavy (non-hydrogen) atoms. The van der Waals surface area contributed by atoms with E-state index in [0.29, 0.717) is 41.7 Å². The van der Waals surface area contributed by atoms with Crippen molar-refractivity contribution in [3.8, 4) is 35.1 Å². The zero-order valence-corrected chi connectivity index (χ0v) is 21.2. The molecule has 196 valence electrons. The van der Waals surface area contributed by atoms with E-state index in [4.69, 9.17) is 15.9 Å². The quantitative estimate of drug-likeness (QED) is 0.415. The summed E-state index contributed by atoms with van der Waals surface area (Å²) in [6, 6.07) is 11.1. The SMILES string of the molecule is C#CCNc1nc(CCC(=O)[C@@H]2CCCN2S(=O)(=O)c2ccc(F)cc2)cc(-c2ccc3c(c2)OCO3)n1. The molecule has 2 aliphatic rings. The summed E-state index contributed by atoms with van der Waals surface area (Å²) in [4.78, 5) is 22.2. The number of Topliss-reactive ketones (excluding diaryl/α,β-unsaturated/α-hetero) is 1. The lowest BCUT2D eigenvalue weighted by Gasteiger charge is -2.23. The van der Waals surface area contributed by atoms with Gasteiger partial charge in [-0.15, -0.1) is 6.42 Å². The summed E-state index contributed by atoms with van der Waals surface area (Å²) in [6.07, 6.45) is 6.75. The summed E-state index contributed by atoms with van der Waals surface area (Å²) in [6.45, 7) is 0.610. The fraction of sp³-hybridized carbons (Fsp3) is 0.296. The maximum atomic E-state index is 13.3. The fourth-order valence-corrected chi connectivity index (χ4v) is 6.23. The maximum absolute atomic E-state index is 13.3. The highest BCUT2D eigenvalue weighted by molar-refractivity contribution is 7.89. The number of nitrogens with one attached hydrogen (secondary N) is 1. The molecule has 0 unspecified atom stereocenters. The van der Waals surface area contributed by atoms with Gasteiger partial charge in [-0.2, -0.15) is 4.31 Å². The molecule has 1 aromatic heterocycles. The number of aryl methyl sites for hydroxylation is 1. The number of hydrogen-bond acceptors (Lipinski definition) is 8. The van der Waals surface area contributed by atoms with Crippen LogP contribution in [0.1, 0.15) is 25.0 Å². The molecule has 1 atom stereocenters. The number of rotatable bonds is 9. The number of halogens is 1. The van der Waals surface area contributed by atoms with Gasteiger partial charge in [-0.1, -0.05) is 5.92 Å². The number of benzene rings is 2. The summed E-state index contributed by atoms with van der Waals surface area (Å²) in [7, 11) is -3.93. The highest BCUT2D eigenvalue weighted by atomic mass is 32.2. The predicted octanol–water partition coefficient (Wildman–Crippen LogP) is 3.41. The normalized spacial score (nSPS) is 16.8. The topological polar surface area (TPSA) is 111 Å². The number of aromatic nitrogens is 2. The Balaban J connectivity index is 1.34. The number of ketones is 1. The van der Waals surface area contributed by atoms with Gasteiger partial charge in [0.05, 0.1) is 23.2 Å². The summed E-state index contributed by atoms with van der Waals surface area (Å²) >= 11 is 0. The maximum Gasteiger partial charge on any atom is 0.243 e. The first kappa shape index (κ1) is 25.6. The van der Waals surface area contributed by atoms with Crippen molar-refractivity contribution < 1.29 is 27.1 Å². The summed E-state index contributed by atoms with van der Waals surface area (Å²) < 4.78 is 51.7. The van der Waals surface area contributed by atoms with Crippen LogP contribution in [0.5, 0.6) is 11.5 Å². The average molecular weight is 537 g/mol. The number of sulfonamides is 1. The van der Waals surface area contributed by atoms with E-state index in [1.807, 2.05) is 12.1 Å². The highest BCUT2D eigenvalue weighted by Crippen LogP contribution is 2.36. The van der Waals surface area contributed by atoms with Crippen LogP contribution in [0, 0.1) is 18.2 Å². The molecule has 0 radical (unpaired) electrons. The Labute approximate surface area is 220 Å².